The zero-order chi connectivity index (χ0) is 19.6. The maximum Gasteiger partial charge on any atom is 0.225 e. The van der Waals surface area contributed by atoms with E-state index < -0.39 is 10.0 Å². The molecule has 27 heavy (non-hydrogen) atoms. The molecule has 0 aliphatic carbocycles. The quantitative estimate of drug-likeness (QED) is 0.758. The van der Waals surface area contributed by atoms with Gasteiger partial charge in [-0.05, 0) is 26.7 Å². The Balaban J connectivity index is 1.48. The van der Waals surface area contributed by atoms with E-state index in [4.69, 9.17) is 4.74 Å². The summed E-state index contributed by atoms with van der Waals surface area (Å²) in [5.41, 5.74) is 0.880. The van der Waals surface area contributed by atoms with Crippen molar-refractivity contribution in [3.05, 3.63) is 17.6 Å². The van der Waals surface area contributed by atoms with Crippen LogP contribution in [0.15, 0.2) is 6.07 Å². The number of ether oxygens (including phenoxy) is 1. The second-order valence-electron chi connectivity index (χ2n) is 7.47. The zero-order valence-electron chi connectivity index (χ0n) is 16.2. The largest absolute Gasteiger partial charge is 0.474 e. The van der Waals surface area contributed by atoms with E-state index >= 15 is 0 Å². The average molecular weight is 397 g/mol. The van der Waals surface area contributed by atoms with E-state index in [1.54, 1.807) is 0 Å². The van der Waals surface area contributed by atoms with Crippen LogP contribution in [-0.2, 0) is 14.8 Å². The number of rotatable bonds is 4. The third-order valence-electron chi connectivity index (χ3n) is 5.26. The smallest absolute Gasteiger partial charge is 0.225 e. The molecule has 3 rings (SSSR count). The minimum Gasteiger partial charge on any atom is -0.474 e. The molecule has 0 bridgehead atoms. The highest BCUT2D eigenvalue weighted by molar-refractivity contribution is 7.88. The molecule has 0 atom stereocenters. The lowest BCUT2D eigenvalue weighted by Crippen LogP contribution is -2.47. The van der Waals surface area contributed by atoms with Gasteiger partial charge >= 0.3 is 0 Å². The summed E-state index contributed by atoms with van der Waals surface area (Å²) in [6.07, 6.45) is 4.02. The van der Waals surface area contributed by atoms with Gasteiger partial charge in [0, 0.05) is 56.7 Å². The van der Waals surface area contributed by atoms with Gasteiger partial charge in [0.25, 0.3) is 0 Å². The molecule has 2 fully saturated rings. The van der Waals surface area contributed by atoms with Gasteiger partial charge in [0.15, 0.2) is 0 Å². The van der Waals surface area contributed by atoms with E-state index in [0.29, 0.717) is 50.7 Å². The summed E-state index contributed by atoms with van der Waals surface area (Å²) in [5, 5.41) is 0. The second-order valence-corrected chi connectivity index (χ2v) is 9.46. The van der Waals surface area contributed by atoms with Crippen molar-refractivity contribution in [3.8, 4) is 5.88 Å². The Hall–Kier alpha value is -1.74. The summed E-state index contributed by atoms with van der Waals surface area (Å²) in [5.74, 6) is 1.36. The van der Waals surface area contributed by atoms with Crippen LogP contribution < -0.4 is 4.74 Å². The van der Waals surface area contributed by atoms with Gasteiger partial charge in [-0.3, -0.25) is 4.79 Å². The molecule has 9 heteroatoms. The Morgan fingerprint density at radius 1 is 1.07 bits per heavy atom. The normalized spacial score (nSPS) is 20.6. The Kier molecular flexibility index (Phi) is 6.00. The van der Waals surface area contributed by atoms with E-state index in [1.807, 2.05) is 24.8 Å². The Bertz CT molecular complexity index is 762. The van der Waals surface area contributed by atoms with E-state index in [1.165, 1.54) is 10.6 Å². The SMILES string of the molecule is Cc1cc(OC2CCN(C(=O)C3CCN(S(C)(=O)=O)CC3)CC2)nc(C)n1. The first-order chi connectivity index (χ1) is 12.7. The summed E-state index contributed by atoms with van der Waals surface area (Å²) < 4.78 is 30.6. The van der Waals surface area contributed by atoms with Crippen LogP contribution in [0, 0.1) is 19.8 Å². The number of carbonyl (C=O) groups excluding carboxylic acids is 1. The highest BCUT2D eigenvalue weighted by Gasteiger charge is 2.33. The average Bonchev–Trinajstić information content (AvgIpc) is 2.60. The molecule has 3 heterocycles. The Morgan fingerprint density at radius 2 is 1.70 bits per heavy atom. The number of nitrogens with zero attached hydrogens (tertiary/aromatic N) is 4. The molecule has 2 aliphatic heterocycles. The number of hydrogen-bond donors (Lipinski definition) is 0. The molecular weight excluding hydrogens is 368 g/mol. The van der Waals surface area contributed by atoms with E-state index in [-0.39, 0.29) is 17.9 Å². The molecule has 8 nitrogen and oxygen atoms in total. The number of sulfonamides is 1. The first-order valence-corrected chi connectivity index (χ1v) is 11.3. The molecule has 1 aromatic rings. The van der Waals surface area contributed by atoms with Crippen molar-refractivity contribution in [1.82, 2.24) is 19.2 Å². The van der Waals surface area contributed by atoms with Crippen LogP contribution in [0.1, 0.15) is 37.2 Å². The third kappa shape index (κ3) is 5.16. The first-order valence-electron chi connectivity index (χ1n) is 9.45. The van der Waals surface area contributed by atoms with Gasteiger partial charge in [-0.25, -0.2) is 17.7 Å². The van der Waals surface area contributed by atoms with Gasteiger partial charge in [-0.1, -0.05) is 0 Å². The number of likely N-dealkylation sites (tertiary alicyclic amines) is 1. The topological polar surface area (TPSA) is 92.7 Å². The van der Waals surface area contributed by atoms with Crippen LogP contribution >= 0.6 is 0 Å². The minimum atomic E-state index is -3.16. The molecule has 0 spiro atoms. The molecule has 0 saturated carbocycles. The highest BCUT2D eigenvalue weighted by atomic mass is 32.2. The van der Waals surface area contributed by atoms with Gasteiger partial charge in [0.2, 0.25) is 21.8 Å². The number of amides is 1. The van der Waals surface area contributed by atoms with Crippen molar-refractivity contribution < 1.29 is 17.9 Å². The van der Waals surface area contributed by atoms with Crippen molar-refractivity contribution in [2.24, 2.45) is 5.92 Å². The lowest BCUT2D eigenvalue weighted by molar-refractivity contribution is -0.138. The predicted molar refractivity (Wildman–Crippen MR) is 101 cm³/mol. The Morgan fingerprint density at radius 3 is 2.26 bits per heavy atom. The monoisotopic (exact) mass is 396 g/mol. The summed E-state index contributed by atoms with van der Waals surface area (Å²) >= 11 is 0. The summed E-state index contributed by atoms with van der Waals surface area (Å²) in [7, 11) is -3.16. The molecule has 0 radical (unpaired) electrons. The molecule has 0 N–H and O–H groups in total. The maximum absolute atomic E-state index is 12.8. The predicted octanol–water partition coefficient (Wildman–Crippen LogP) is 1.13. The van der Waals surface area contributed by atoms with Crippen molar-refractivity contribution in [1.29, 1.82) is 0 Å². The molecule has 150 valence electrons. The number of aromatic nitrogens is 2. The molecular formula is C18H28N4O4S. The fraction of sp³-hybridized carbons (Fsp3) is 0.722. The lowest BCUT2D eigenvalue weighted by atomic mass is 9.95. The maximum atomic E-state index is 12.8. The van der Waals surface area contributed by atoms with Crippen LogP contribution in [0.2, 0.25) is 0 Å². The summed E-state index contributed by atoms with van der Waals surface area (Å²) in [4.78, 5) is 23.2. The third-order valence-corrected chi connectivity index (χ3v) is 6.56. The summed E-state index contributed by atoms with van der Waals surface area (Å²) in [6, 6.07) is 1.83. The van der Waals surface area contributed by atoms with Crippen LogP contribution in [0.3, 0.4) is 0 Å². The molecule has 2 saturated heterocycles. The summed E-state index contributed by atoms with van der Waals surface area (Å²) in [6.45, 7) is 5.95. The molecule has 1 amide bonds. The van der Waals surface area contributed by atoms with Crippen molar-refractivity contribution in [3.63, 3.8) is 0 Å². The van der Waals surface area contributed by atoms with Gasteiger partial charge in [-0.15, -0.1) is 0 Å². The van der Waals surface area contributed by atoms with Crippen molar-refractivity contribution in [2.45, 2.75) is 45.6 Å². The Labute approximate surface area is 161 Å². The lowest BCUT2D eigenvalue weighted by Gasteiger charge is -2.36. The van der Waals surface area contributed by atoms with Crippen LogP contribution in [-0.4, -0.2) is 72.0 Å². The fourth-order valence-corrected chi connectivity index (χ4v) is 4.67. The fourth-order valence-electron chi connectivity index (χ4n) is 3.80. The van der Waals surface area contributed by atoms with Gasteiger partial charge < -0.3 is 9.64 Å². The van der Waals surface area contributed by atoms with Gasteiger partial charge in [0.1, 0.15) is 11.9 Å². The van der Waals surface area contributed by atoms with Crippen molar-refractivity contribution >= 4 is 15.9 Å². The van der Waals surface area contributed by atoms with Crippen molar-refractivity contribution in [2.75, 3.05) is 32.4 Å². The molecule has 1 aromatic heterocycles. The molecule has 2 aliphatic rings. The van der Waals surface area contributed by atoms with Gasteiger partial charge in [0.05, 0.1) is 6.26 Å². The van der Waals surface area contributed by atoms with Gasteiger partial charge in [-0.2, -0.15) is 4.98 Å². The van der Waals surface area contributed by atoms with Crippen LogP contribution in [0.25, 0.3) is 0 Å². The standard InChI is InChI=1S/C18H28N4O4S/c1-13-12-17(20-14(2)19-13)26-16-6-8-21(9-7-16)18(23)15-4-10-22(11-5-15)27(3,24)25/h12,15-16H,4-11H2,1-3H3. The number of carbonyl (C=O) groups is 1. The number of hydrogen-bond acceptors (Lipinski definition) is 6. The minimum absolute atomic E-state index is 0.0508. The second kappa shape index (κ2) is 8.10. The number of piperidine rings is 2. The van der Waals surface area contributed by atoms with E-state index in [2.05, 4.69) is 9.97 Å². The van der Waals surface area contributed by atoms with Crippen LogP contribution in [0.4, 0.5) is 0 Å². The highest BCUT2D eigenvalue weighted by Crippen LogP contribution is 2.24. The zero-order valence-corrected chi connectivity index (χ0v) is 17.0. The molecule has 0 unspecified atom stereocenters. The van der Waals surface area contributed by atoms with E-state index in [0.717, 1.165) is 18.5 Å². The molecule has 0 aromatic carbocycles. The van der Waals surface area contributed by atoms with E-state index in [9.17, 15) is 13.2 Å². The van der Waals surface area contributed by atoms with Crippen LogP contribution in [0.5, 0.6) is 5.88 Å². The number of aryl methyl sites for hydroxylation is 2. The first kappa shape index (κ1) is 20.0.